The average molecular weight is 590 g/mol. The summed E-state index contributed by atoms with van der Waals surface area (Å²) < 4.78 is 60.4. The number of likely N-dealkylation sites (tertiary alicyclic amines) is 1. The second-order valence-electron chi connectivity index (χ2n) is 11.4. The monoisotopic (exact) mass is 589 g/mol. The van der Waals surface area contributed by atoms with Gasteiger partial charge >= 0.3 is 16.3 Å². The van der Waals surface area contributed by atoms with E-state index in [1.54, 1.807) is 25.7 Å². The van der Waals surface area contributed by atoms with Crippen LogP contribution < -0.4 is 9.46 Å². The summed E-state index contributed by atoms with van der Waals surface area (Å²) in [7, 11) is -4.20. The fraction of sp³-hybridized carbons (Fsp3) is 0.692. The molecule has 4 rings (SSSR count). The van der Waals surface area contributed by atoms with Crippen molar-refractivity contribution in [3.8, 4) is 5.75 Å². The summed E-state index contributed by atoms with van der Waals surface area (Å²) in [5, 5.41) is 0.0381. The zero-order valence-electron chi connectivity index (χ0n) is 22.6. The van der Waals surface area contributed by atoms with E-state index in [0.29, 0.717) is 38.5 Å². The van der Waals surface area contributed by atoms with Crippen LogP contribution in [0.5, 0.6) is 5.75 Å². The summed E-state index contributed by atoms with van der Waals surface area (Å²) in [6.45, 7) is 6.93. The highest BCUT2D eigenvalue weighted by Crippen LogP contribution is 2.31. The molecule has 13 heteroatoms. The number of piperidine rings is 1. The lowest BCUT2D eigenvalue weighted by molar-refractivity contribution is -0.103. The number of carbonyl (C=O) groups is 2. The predicted octanol–water partition coefficient (Wildman–Crippen LogP) is 4.12. The molecule has 1 aromatic carbocycles. The fourth-order valence-corrected chi connectivity index (χ4v) is 6.30. The van der Waals surface area contributed by atoms with Crippen LogP contribution in [0.3, 0.4) is 0 Å². The van der Waals surface area contributed by atoms with Crippen molar-refractivity contribution in [1.82, 2.24) is 13.9 Å². The molecule has 0 radical (unpaired) electrons. The Morgan fingerprint density at radius 3 is 2.33 bits per heavy atom. The van der Waals surface area contributed by atoms with E-state index in [1.165, 1.54) is 0 Å². The summed E-state index contributed by atoms with van der Waals surface area (Å²) in [6, 6.07) is 2.11. The Bertz CT molecular complexity index is 1160. The molecule has 3 aliphatic rings. The first-order valence-electron chi connectivity index (χ1n) is 13.4. The zero-order chi connectivity index (χ0) is 28.4. The minimum absolute atomic E-state index is 0.0381. The topological polar surface area (TPSA) is 114 Å². The van der Waals surface area contributed by atoms with E-state index in [-0.39, 0.29) is 42.2 Å². The molecule has 0 atom stereocenters. The van der Waals surface area contributed by atoms with Crippen molar-refractivity contribution < 1.29 is 36.6 Å². The first-order chi connectivity index (χ1) is 18.3. The highest BCUT2D eigenvalue weighted by Gasteiger charge is 2.37. The maximum Gasteiger partial charge on any atom is 0.410 e. The maximum atomic E-state index is 14.7. The van der Waals surface area contributed by atoms with Crippen molar-refractivity contribution in [2.24, 2.45) is 5.92 Å². The summed E-state index contributed by atoms with van der Waals surface area (Å²) >= 11 is 6.21. The Hall–Kier alpha value is -2.15. The van der Waals surface area contributed by atoms with Crippen molar-refractivity contribution in [2.75, 3.05) is 32.8 Å². The number of rotatable bonds is 8. The first kappa shape index (κ1) is 29.8. The summed E-state index contributed by atoms with van der Waals surface area (Å²) in [6.07, 6.45) is 4.53. The second kappa shape index (κ2) is 12.2. The number of amides is 2. The molecule has 0 unspecified atom stereocenters. The van der Waals surface area contributed by atoms with Crippen molar-refractivity contribution in [2.45, 2.75) is 77.1 Å². The van der Waals surface area contributed by atoms with Crippen LogP contribution in [0.4, 0.5) is 9.18 Å². The molecular formula is C26H37ClFN3O7S. The summed E-state index contributed by atoms with van der Waals surface area (Å²) in [5.74, 6) is -1.50. The van der Waals surface area contributed by atoms with Gasteiger partial charge in [0.15, 0.2) is 0 Å². The van der Waals surface area contributed by atoms with Gasteiger partial charge in [-0.25, -0.2) is 13.9 Å². The van der Waals surface area contributed by atoms with E-state index < -0.39 is 33.1 Å². The molecule has 2 aliphatic heterocycles. The lowest BCUT2D eigenvalue weighted by Gasteiger charge is -2.42. The molecule has 218 valence electrons. The number of hydrogen-bond acceptors (Lipinski definition) is 7. The Labute approximate surface area is 234 Å². The molecule has 0 bridgehead atoms. The van der Waals surface area contributed by atoms with E-state index in [1.807, 2.05) is 4.72 Å². The van der Waals surface area contributed by atoms with Gasteiger partial charge < -0.3 is 19.1 Å². The van der Waals surface area contributed by atoms with Gasteiger partial charge in [0.05, 0.1) is 42.5 Å². The molecule has 2 amide bonds. The van der Waals surface area contributed by atoms with Gasteiger partial charge in [-0.1, -0.05) is 24.4 Å². The first-order valence-corrected chi connectivity index (χ1v) is 15.2. The molecule has 1 aromatic rings. The highest BCUT2D eigenvalue weighted by atomic mass is 35.5. The lowest BCUT2D eigenvalue weighted by atomic mass is 10.1. The molecule has 3 fully saturated rings. The number of hydrogen-bond donors (Lipinski definition) is 1. The van der Waals surface area contributed by atoms with Gasteiger partial charge in [0.1, 0.15) is 17.2 Å². The van der Waals surface area contributed by atoms with Gasteiger partial charge in [0, 0.05) is 19.2 Å². The van der Waals surface area contributed by atoms with Gasteiger partial charge in [-0.3, -0.25) is 4.79 Å². The van der Waals surface area contributed by atoms with Crippen molar-refractivity contribution in [3.05, 3.63) is 28.5 Å². The van der Waals surface area contributed by atoms with Gasteiger partial charge in [-0.15, -0.1) is 0 Å². The minimum Gasteiger partial charge on any atom is -0.492 e. The number of benzene rings is 1. The largest absolute Gasteiger partial charge is 0.492 e. The van der Waals surface area contributed by atoms with Crippen LogP contribution in [0.25, 0.3) is 0 Å². The number of halogens is 2. The molecule has 0 aromatic heterocycles. The van der Waals surface area contributed by atoms with Crippen LogP contribution in [0, 0.1) is 11.7 Å². The van der Waals surface area contributed by atoms with Crippen LogP contribution >= 0.6 is 11.6 Å². The molecule has 1 N–H and O–H groups in total. The second-order valence-corrected chi connectivity index (χ2v) is 13.5. The molecule has 2 heterocycles. The SMILES string of the molecule is CC(C)(C)OC(=O)N1CC(OC2CCN(S(=O)(=O)NC(=O)c3cc(Cl)c(OCC4CCCC4)cc3F)CC2)C1. The number of ether oxygens (including phenoxy) is 3. The van der Waals surface area contributed by atoms with Crippen LogP contribution in [0.2, 0.25) is 5.02 Å². The maximum absolute atomic E-state index is 14.7. The van der Waals surface area contributed by atoms with E-state index in [4.69, 9.17) is 25.8 Å². The molecule has 0 spiro atoms. The van der Waals surface area contributed by atoms with E-state index in [0.717, 1.165) is 42.1 Å². The van der Waals surface area contributed by atoms with Crippen LogP contribution in [0.1, 0.15) is 69.7 Å². The highest BCUT2D eigenvalue weighted by molar-refractivity contribution is 7.87. The lowest BCUT2D eigenvalue weighted by Crippen LogP contribution is -2.57. The van der Waals surface area contributed by atoms with Crippen LogP contribution in [-0.4, -0.2) is 80.2 Å². The van der Waals surface area contributed by atoms with Gasteiger partial charge in [-0.2, -0.15) is 12.7 Å². The van der Waals surface area contributed by atoms with Crippen molar-refractivity contribution in [3.63, 3.8) is 0 Å². The standard InChI is InChI=1S/C26H37ClFN3O7S/c1-26(2,3)38-25(33)30-14-19(15-30)37-18-8-10-31(11-9-18)39(34,35)29-24(32)20-12-21(27)23(13-22(20)28)36-16-17-6-4-5-7-17/h12-13,17-19H,4-11,14-16H2,1-3H3,(H,29,32). The Kier molecular flexibility index (Phi) is 9.30. The number of nitrogens with one attached hydrogen (secondary N) is 1. The fourth-order valence-electron chi connectivity index (χ4n) is 4.92. The van der Waals surface area contributed by atoms with Crippen molar-refractivity contribution >= 4 is 33.8 Å². The molecule has 39 heavy (non-hydrogen) atoms. The quantitative estimate of drug-likeness (QED) is 0.485. The van der Waals surface area contributed by atoms with Gasteiger partial charge in [0.25, 0.3) is 5.91 Å². The smallest absolute Gasteiger partial charge is 0.410 e. The number of nitrogens with zero attached hydrogens (tertiary/aromatic N) is 2. The normalized spacial score (nSPS) is 20.1. The Balaban J connectivity index is 1.23. The third kappa shape index (κ3) is 7.96. The third-order valence-corrected chi connectivity index (χ3v) is 8.85. The summed E-state index contributed by atoms with van der Waals surface area (Å²) in [4.78, 5) is 26.3. The molecule has 10 nitrogen and oxygen atoms in total. The zero-order valence-corrected chi connectivity index (χ0v) is 24.2. The third-order valence-electron chi connectivity index (χ3n) is 7.06. The van der Waals surface area contributed by atoms with Crippen LogP contribution in [0.15, 0.2) is 12.1 Å². The molecule has 1 saturated carbocycles. The van der Waals surface area contributed by atoms with Gasteiger partial charge in [-0.05, 0) is 58.4 Å². The van der Waals surface area contributed by atoms with E-state index in [2.05, 4.69) is 0 Å². The van der Waals surface area contributed by atoms with E-state index >= 15 is 0 Å². The predicted molar refractivity (Wildman–Crippen MR) is 143 cm³/mol. The minimum atomic E-state index is -4.20. The Morgan fingerprint density at radius 1 is 1.08 bits per heavy atom. The van der Waals surface area contributed by atoms with E-state index in [9.17, 15) is 22.4 Å². The number of carbonyl (C=O) groups excluding carboxylic acids is 2. The molecular weight excluding hydrogens is 553 g/mol. The summed E-state index contributed by atoms with van der Waals surface area (Å²) in [5.41, 5.74) is -1.05. The molecule has 2 saturated heterocycles. The van der Waals surface area contributed by atoms with Crippen molar-refractivity contribution in [1.29, 1.82) is 0 Å². The molecule has 1 aliphatic carbocycles. The average Bonchev–Trinajstić information content (AvgIpc) is 3.34. The Morgan fingerprint density at radius 2 is 1.72 bits per heavy atom. The van der Waals surface area contributed by atoms with Gasteiger partial charge in [0.2, 0.25) is 0 Å². The van der Waals surface area contributed by atoms with Crippen LogP contribution in [-0.2, 0) is 19.7 Å².